The standard InChI is InChI=1S/C12H14O3/c1-9(6-7-13)10-4-3-5-11(8-10)12(14)15-2/h3-6,8,13H,7H2,1-2H3/b9-6-. The summed E-state index contributed by atoms with van der Waals surface area (Å²) >= 11 is 0. The van der Waals surface area contributed by atoms with E-state index in [2.05, 4.69) is 4.74 Å². The molecular formula is C12H14O3. The van der Waals surface area contributed by atoms with E-state index in [-0.39, 0.29) is 12.6 Å². The average molecular weight is 206 g/mol. The lowest BCUT2D eigenvalue weighted by molar-refractivity contribution is 0.0600. The zero-order valence-electron chi connectivity index (χ0n) is 8.86. The number of aliphatic hydroxyl groups excluding tert-OH is 1. The van der Waals surface area contributed by atoms with Gasteiger partial charge in [-0.2, -0.15) is 0 Å². The molecule has 1 aromatic carbocycles. The molecule has 0 amide bonds. The van der Waals surface area contributed by atoms with E-state index in [1.165, 1.54) is 7.11 Å². The molecule has 0 unspecified atom stereocenters. The van der Waals surface area contributed by atoms with Gasteiger partial charge in [-0.25, -0.2) is 4.79 Å². The van der Waals surface area contributed by atoms with E-state index in [0.717, 1.165) is 11.1 Å². The summed E-state index contributed by atoms with van der Waals surface area (Å²) in [6.07, 6.45) is 1.69. The van der Waals surface area contributed by atoms with Gasteiger partial charge in [-0.3, -0.25) is 0 Å². The van der Waals surface area contributed by atoms with Crippen LogP contribution in [0.1, 0.15) is 22.8 Å². The molecule has 0 radical (unpaired) electrons. The van der Waals surface area contributed by atoms with Gasteiger partial charge in [0.2, 0.25) is 0 Å². The van der Waals surface area contributed by atoms with Gasteiger partial charge in [0, 0.05) is 0 Å². The third-order valence-electron chi connectivity index (χ3n) is 2.14. The Balaban J connectivity index is 3.02. The first-order valence-electron chi connectivity index (χ1n) is 4.65. The Bertz CT molecular complexity index is 380. The summed E-state index contributed by atoms with van der Waals surface area (Å²) in [6, 6.07) is 7.11. The van der Waals surface area contributed by atoms with Crippen LogP contribution in [0.4, 0.5) is 0 Å². The molecule has 0 bridgehead atoms. The van der Waals surface area contributed by atoms with Crippen molar-refractivity contribution in [2.45, 2.75) is 6.92 Å². The smallest absolute Gasteiger partial charge is 0.337 e. The molecule has 0 heterocycles. The highest BCUT2D eigenvalue weighted by Gasteiger charge is 2.05. The van der Waals surface area contributed by atoms with Gasteiger partial charge >= 0.3 is 5.97 Å². The number of carbonyl (C=O) groups excluding carboxylic acids is 1. The molecule has 0 aliphatic rings. The van der Waals surface area contributed by atoms with Crippen molar-refractivity contribution in [3.05, 3.63) is 41.5 Å². The van der Waals surface area contributed by atoms with Crippen LogP contribution in [0.2, 0.25) is 0 Å². The maximum absolute atomic E-state index is 11.3. The molecule has 0 aliphatic heterocycles. The highest BCUT2D eigenvalue weighted by Crippen LogP contribution is 2.15. The van der Waals surface area contributed by atoms with Crippen molar-refractivity contribution in [3.63, 3.8) is 0 Å². The van der Waals surface area contributed by atoms with E-state index >= 15 is 0 Å². The predicted octanol–water partition coefficient (Wildman–Crippen LogP) is 1.87. The van der Waals surface area contributed by atoms with Gasteiger partial charge in [0.1, 0.15) is 0 Å². The van der Waals surface area contributed by atoms with Crippen molar-refractivity contribution in [3.8, 4) is 0 Å². The number of allylic oxidation sites excluding steroid dienone is 1. The Hall–Kier alpha value is -1.61. The van der Waals surface area contributed by atoms with Crippen LogP contribution in [0, 0.1) is 0 Å². The quantitative estimate of drug-likeness (QED) is 0.768. The number of ether oxygens (including phenoxy) is 1. The minimum atomic E-state index is -0.353. The number of carbonyl (C=O) groups is 1. The fourth-order valence-corrected chi connectivity index (χ4v) is 1.26. The van der Waals surface area contributed by atoms with Crippen molar-refractivity contribution >= 4 is 11.5 Å². The number of methoxy groups -OCH3 is 1. The molecule has 1 N–H and O–H groups in total. The summed E-state index contributed by atoms with van der Waals surface area (Å²) in [5.41, 5.74) is 2.36. The third-order valence-corrected chi connectivity index (χ3v) is 2.14. The van der Waals surface area contributed by atoms with E-state index in [0.29, 0.717) is 5.56 Å². The molecule has 1 aromatic rings. The molecule has 0 aliphatic carbocycles. The molecule has 0 spiro atoms. The van der Waals surface area contributed by atoms with Crippen molar-refractivity contribution in [2.24, 2.45) is 0 Å². The summed E-state index contributed by atoms with van der Waals surface area (Å²) < 4.78 is 4.62. The highest BCUT2D eigenvalue weighted by molar-refractivity contribution is 5.90. The van der Waals surface area contributed by atoms with Gasteiger partial charge in [-0.15, -0.1) is 0 Å². The molecule has 0 fully saturated rings. The maximum atomic E-state index is 11.3. The molecule has 0 saturated carbocycles. The molecule has 15 heavy (non-hydrogen) atoms. The minimum absolute atomic E-state index is 0.00567. The lowest BCUT2D eigenvalue weighted by Crippen LogP contribution is -2.01. The summed E-state index contributed by atoms with van der Waals surface area (Å²) in [7, 11) is 1.35. The van der Waals surface area contributed by atoms with Crippen LogP contribution < -0.4 is 0 Å². The van der Waals surface area contributed by atoms with Crippen molar-refractivity contribution in [1.29, 1.82) is 0 Å². The third kappa shape index (κ3) is 2.92. The zero-order valence-corrected chi connectivity index (χ0v) is 8.86. The van der Waals surface area contributed by atoms with Gasteiger partial charge in [0.15, 0.2) is 0 Å². The molecular weight excluding hydrogens is 192 g/mol. The number of esters is 1. The molecule has 3 nitrogen and oxygen atoms in total. The topological polar surface area (TPSA) is 46.5 Å². The first-order valence-corrected chi connectivity index (χ1v) is 4.65. The van der Waals surface area contributed by atoms with E-state index in [1.807, 2.05) is 13.0 Å². The minimum Gasteiger partial charge on any atom is -0.465 e. The molecule has 0 atom stereocenters. The van der Waals surface area contributed by atoms with E-state index in [4.69, 9.17) is 5.11 Å². The normalized spacial score (nSPS) is 11.3. The first kappa shape index (κ1) is 11.5. The first-order chi connectivity index (χ1) is 7.19. The highest BCUT2D eigenvalue weighted by atomic mass is 16.5. The Morgan fingerprint density at radius 2 is 2.13 bits per heavy atom. The van der Waals surface area contributed by atoms with Crippen molar-refractivity contribution in [2.75, 3.05) is 13.7 Å². The Morgan fingerprint density at radius 1 is 1.47 bits per heavy atom. The van der Waals surface area contributed by atoms with Gasteiger partial charge in [0.25, 0.3) is 0 Å². The van der Waals surface area contributed by atoms with E-state index in [9.17, 15) is 4.79 Å². The predicted molar refractivity (Wildman–Crippen MR) is 58.5 cm³/mol. The van der Waals surface area contributed by atoms with Crippen molar-refractivity contribution in [1.82, 2.24) is 0 Å². The van der Waals surface area contributed by atoms with Crippen molar-refractivity contribution < 1.29 is 14.6 Å². The fourth-order valence-electron chi connectivity index (χ4n) is 1.26. The fraction of sp³-hybridized carbons (Fsp3) is 0.250. The monoisotopic (exact) mass is 206 g/mol. The van der Waals surface area contributed by atoms with Crippen LogP contribution in [0.15, 0.2) is 30.3 Å². The number of hydrogen-bond acceptors (Lipinski definition) is 3. The summed E-state index contributed by atoms with van der Waals surface area (Å²) in [5, 5.41) is 8.75. The average Bonchev–Trinajstić information content (AvgIpc) is 2.28. The van der Waals surface area contributed by atoms with Crippen LogP contribution >= 0.6 is 0 Å². The van der Waals surface area contributed by atoms with Gasteiger partial charge in [-0.05, 0) is 30.2 Å². The SMILES string of the molecule is COC(=O)c1cccc(/C(C)=C\CO)c1. The van der Waals surface area contributed by atoms with Crippen LogP contribution in [0.3, 0.4) is 0 Å². The van der Waals surface area contributed by atoms with Crippen LogP contribution in [0.5, 0.6) is 0 Å². The van der Waals surface area contributed by atoms with Gasteiger partial charge < -0.3 is 9.84 Å². The largest absolute Gasteiger partial charge is 0.465 e. The molecule has 1 rings (SSSR count). The molecule has 80 valence electrons. The second kappa shape index (κ2) is 5.32. The van der Waals surface area contributed by atoms with Crippen LogP contribution in [0.25, 0.3) is 5.57 Å². The lowest BCUT2D eigenvalue weighted by atomic mass is 10.0. The zero-order chi connectivity index (χ0) is 11.3. The number of rotatable bonds is 3. The number of benzene rings is 1. The molecule has 0 saturated heterocycles. The number of aliphatic hydroxyl groups is 1. The summed E-state index contributed by atoms with van der Waals surface area (Å²) in [5.74, 6) is -0.353. The Labute approximate surface area is 89.0 Å². The number of hydrogen-bond donors (Lipinski definition) is 1. The van der Waals surface area contributed by atoms with E-state index < -0.39 is 0 Å². The molecule has 3 heteroatoms. The lowest BCUT2D eigenvalue weighted by Gasteiger charge is -2.04. The summed E-state index contributed by atoms with van der Waals surface area (Å²) in [4.78, 5) is 11.3. The second-order valence-electron chi connectivity index (χ2n) is 3.14. The van der Waals surface area contributed by atoms with Crippen LogP contribution in [-0.4, -0.2) is 24.8 Å². The summed E-state index contributed by atoms with van der Waals surface area (Å²) in [6.45, 7) is 1.88. The van der Waals surface area contributed by atoms with Crippen LogP contribution in [-0.2, 0) is 4.74 Å². The van der Waals surface area contributed by atoms with Gasteiger partial charge in [-0.1, -0.05) is 18.2 Å². The molecule has 0 aromatic heterocycles. The van der Waals surface area contributed by atoms with E-state index in [1.54, 1.807) is 24.3 Å². The maximum Gasteiger partial charge on any atom is 0.337 e. The Kier molecular flexibility index (Phi) is 4.06. The van der Waals surface area contributed by atoms with Gasteiger partial charge in [0.05, 0.1) is 19.3 Å². The Morgan fingerprint density at radius 3 is 2.73 bits per heavy atom. The second-order valence-corrected chi connectivity index (χ2v) is 3.14.